The smallest absolute Gasteiger partial charge is 0.251 e. The lowest BCUT2D eigenvalue weighted by atomic mass is 9.80. The molecule has 98 valence electrons. The zero-order valence-electron chi connectivity index (χ0n) is 11.6. The first-order valence-electron chi connectivity index (χ1n) is 6.92. The molecule has 3 unspecified atom stereocenters. The first-order chi connectivity index (χ1) is 9.13. The van der Waals surface area contributed by atoms with E-state index in [1.165, 1.54) is 12.2 Å². The zero-order valence-corrected chi connectivity index (χ0v) is 12.4. The monoisotopic (exact) mass is 271 g/mol. The number of rotatable bonds is 1. The Morgan fingerprint density at radius 3 is 3.00 bits per heavy atom. The van der Waals surface area contributed by atoms with E-state index in [1.54, 1.807) is 11.1 Å². The van der Waals surface area contributed by atoms with Gasteiger partial charge in [0.2, 0.25) is 0 Å². The van der Waals surface area contributed by atoms with Gasteiger partial charge in [-0.15, -0.1) is 0 Å². The van der Waals surface area contributed by atoms with Crippen molar-refractivity contribution in [1.29, 1.82) is 0 Å². The van der Waals surface area contributed by atoms with Crippen LogP contribution in [0.2, 0.25) is 0 Å². The summed E-state index contributed by atoms with van der Waals surface area (Å²) in [5, 5.41) is 4.72. The van der Waals surface area contributed by atoms with E-state index < -0.39 is 0 Å². The number of pyridine rings is 1. The average Bonchev–Trinajstić information content (AvgIpc) is 3.02. The summed E-state index contributed by atoms with van der Waals surface area (Å²) in [6, 6.07) is 7.61. The van der Waals surface area contributed by atoms with E-state index in [2.05, 4.69) is 65.5 Å². The fourth-order valence-corrected chi connectivity index (χ4v) is 5.05. The number of anilines is 1. The van der Waals surface area contributed by atoms with Crippen molar-refractivity contribution in [3.05, 3.63) is 46.3 Å². The van der Waals surface area contributed by atoms with Crippen molar-refractivity contribution >= 4 is 17.2 Å². The fourth-order valence-electron chi connectivity index (χ4n) is 4.01. The van der Waals surface area contributed by atoms with Gasteiger partial charge in [-0.05, 0) is 29.3 Å². The molecule has 2 nitrogen and oxygen atoms in total. The minimum atomic E-state index is 0.322. The molecule has 1 aliphatic heterocycles. The number of fused-ring (bicyclic) bond motifs is 5. The van der Waals surface area contributed by atoms with E-state index in [4.69, 9.17) is 0 Å². The Hall–Kier alpha value is -1.35. The fraction of sp³-hybridized carbons (Fsp3) is 0.438. The lowest BCUT2D eigenvalue weighted by molar-refractivity contribution is -0.659. The highest BCUT2D eigenvalue weighted by molar-refractivity contribution is 7.08. The normalized spacial score (nSPS) is 31.8. The van der Waals surface area contributed by atoms with Gasteiger partial charge in [-0.1, -0.05) is 13.0 Å². The summed E-state index contributed by atoms with van der Waals surface area (Å²) in [5.41, 5.74) is 3.49. The van der Waals surface area contributed by atoms with E-state index in [1.807, 2.05) is 11.3 Å². The van der Waals surface area contributed by atoms with E-state index in [0.29, 0.717) is 17.5 Å². The van der Waals surface area contributed by atoms with Crippen LogP contribution in [0.25, 0.3) is 0 Å². The highest BCUT2D eigenvalue weighted by Gasteiger charge is 2.60. The van der Waals surface area contributed by atoms with Gasteiger partial charge in [0.15, 0.2) is 0 Å². The van der Waals surface area contributed by atoms with Gasteiger partial charge < -0.3 is 0 Å². The third-order valence-corrected chi connectivity index (χ3v) is 6.01. The van der Waals surface area contributed by atoms with Crippen LogP contribution in [0.4, 0.5) is 5.82 Å². The first kappa shape index (κ1) is 11.5. The molecule has 19 heavy (non-hydrogen) atoms. The van der Waals surface area contributed by atoms with E-state index in [-0.39, 0.29) is 0 Å². The summed E-state index contributed by atoms with van der Waals surface area (Å²) < 4.78 is 2.24. The van der Waals surface area contributed by atoms with E-state index in [0.717, 1.165) is 0 Å². The molecule has 1 fully saturated rings. The third kappa shape index (κ3) is 1.29. The van der Waals surface area contributed by atoms with Gasteiger partial charge in [-0.2, -0.15) is 11.3 Å². The molecule has 2 bridgehead atoms. The largest absolute Gasteiger partial charge is 0.277 e. The Morgan fingerprint density at radius 2 is 2.21 bits per heavy atom. The molecule has 0 spiro atoms. The molecule has 3 atom stereocenters. The van der Waals surface area contributed by atoms with Crippen LogP contribution < -0.4 is 9.47 Å². The number of hydrogen-bond acceptors (Lipinski definition) is 2. The van der Waals surface area contributed by atoms with Crippen LogP contribution in [0.3, 0.4) is 0 Å². The van der Waals surface area contributed by atoms with Gasteiger partial charge in [-0.3, -0.25) is 4.90 Å². The Balaban J connectivity index is 1.88. The molecule has 3 heteroatoms. The summed E-state index contributed by atoms with van der Waals surface area (Å²) in [6.45, 7) is 4.82. The highest BCUT2D eigenvalue weighted by atomic mass is 32.1. The Labute approximate surface area is 118 Å². The van der Waals surface area contributed by atoms with Gasteiger partial charge in [0, 0.05) is 23.5 Å². The lowest BCUT2D eigenvalue weighted by Crippen LogP contribution is -2.47. The minimum absolute atomic E-state index is 0.322. The van der Waals surface area contributed by atoms with Gasteiger partial charge in [0.25, 0.3) is 5.82 Å². The second-order valence-electron chi connectivity index (χ2n) is 6.13. The molecule has 4 rings (SSSR count). The predicted molar refractivity (Wildman–Crippen MR) is 78.6 cm³/mol. The van der Waals surface area contributed by atoms with Crippen LogP contribution in [-0.2, 0) is 12.5 Å². The third-order valence-electron chi connectivity index (χ3n) is 5.25. The lowest BCUT2D eigenvalue weighted by Gasteiger charge is -2.33. The maximum Gasteiger partial charge on any atom is 0.277 e. The minimum Gasteiger partial charge on any atom is -0.251 e. The molecule has 1 aliphatic carbocycles. The Morgan fingerprint density at radius 1 is 1.37 bits per heavy atom. The Kier molecular flexibility index (Phi) is 2.17. The molecule has 1 saturated heterocycles. The Bertz CT molecular complexity index is 648. The van der Waals surface area contributed by atoms with Crippen molar-refractivity contribution in [2.75, 3.05) is 4.90 Å². The number of hydrogen-bond donors (Lipinski definition) is 0. The van der Waals surface area contributed by atoms with Crippen LogP contribution in [0.1, 0.15) is 37.4 Å². The predicted octanol–water partition coefficient (Wildman–Crippen LogP) is 3.18. The molecule has 2 aliphatic rings. The van der Waals surface area contributed by atoms with Gasteiger partial charge >= 0.3 is 0 Å². The van der Waals surface area contributed by atoms with Crippen LogP contribution in [-0.4, -0.2) is 6.04 Å². The summed E-state index contributed by atoms with van der Waals surface area (Å²) in [6.07, 6.45) is 3.41. The maximum absolute atomic E-state index is 2.62. The molecule has 0 N–H and O–H groups in total. The molecule has 2 aromatic rings. The van der Waals surface area contributed by atoms with E-state index >= 15 is 0 Å². The van der Waals surface area contributed by atoms with Crippen molar-refractivity contribution < 1.29 is 4.57 Å². The van der Waals surface area contributed by atoms with Gasteiger partial charge in [-0.25, -0.2) is 4.57 Å². The molecule has 0 radical (unpaired) electrons. The number of thiophene rings is 1. The van der Waals surface area contributed by atoms with Crippen LogP contribution in [0, 0.1) is 0 Å². The maximum atomic E-state index is 2.62. The van der Waals surface area contributed by atoms with Gasteiger partial charge in [0.1, 0.15) is 12.1 Å². The summed E-state index contributed by atoms with van der Waals surface area (Å²) in [7, 11) is 2.14. The van der Waals surface area contributed by atoms with Gasteiger partial charge in [0.05, 0.1) is 13.2 Å². The molecule has 2 aromatic heterocycles. The van der Waals surface area contributed by atoms with Crippen molar-refractivity contribution in [3.8, 4) is 0 Å². The quantitative estimate of drug-likeness (QED) is 0.723. The molecule has 0 saturated carbocycles. The molecule has 0 amide bonds. The molecule has 3 heterocycles. The zero-order chi connectivity index (χ0) is 13.2. The van der Waals surface area contributed by atoms with Crippen LogP contribution >= 0.6 is 11.3 Å². The van der Waals surface area contributed by atoms with E-state index in [9.17, 15) is 0 Å². The van der Waals surface area contributed by atoms with Crippen molar-refractivity contribution in [1.82, 2.24) is 0 Å². The molecular weight excluding hydrogens is 252 g/mol. The first-order valence-corrected chi connectivity index (χ1v) is 7.87. The molecule has 0 aromatic carbocycles. The number of aryl methyl sites for hydroxylation is 1. The number of aromatic nitrogens is 1. The van der Waals surface area contributed by atoms with Crippen molar-refractivity contribution in [2.24, 2.45) is 7.05 Å². The summed E-state index contributed by atoms with van der Waals surface area (Å²) in [4.78, 5) is 2.62. The second-order valence-corrected chi connectivity index (χ2v) is 6.87. The number of nitrogens with zero attached hydrogens (tertiary/aromatic N) is 2. The van der Waals surface area contributed by atoms with Crippen LogP contribution in [0.5, 0.6) is 0 Å². The highest BCUT2D eigenvalue weighted by Crippen LogP contribution is 2.59. The summed E-state index contributed by atoms with van der Waals surface area (Å²) in [5.74, 6) is 1.33. The van der Waals surface area contributed by atoms with Crippen LogP contribution in [0.15, 0.2) is 35.2 Å². The average molecular weight is 271 g/mol. The van der Waals surface area contributed by atoms with Crippen molar-refractivity contribution in [3.63, 3.8) is 0 Å². The summed E-state index contributed by atoms with van der Waals surface area (Å²) >= 11 is 1.86. The van der Waals surface area contributed by atoms with Crippen molar-refractivity contribution in [2.45, 2.75) is 37.8 Å². The molecular formula is C16H19N2S+. The standard InChI is InChI=1S/C16H19N2S/c1-11-16(2)8-14(12-9-19-10-13(12)16)18(11)15-6-4-5-7-17(15)3/h4-7,9-11,14H,8H2,1-3H3/q+1. The topological polar surface area (TPSA) is 7.12 Å². The SMILES string of the molecule is CC1N(c2cccc[n+]2C)C2CC1(C)c1cscc12. The second kappa shape index (κ2) is 3.60.